The van der Waals surface area contributed by atoms with E-state index in [-0.39, 0.29) is 5.41 Å². The molecule has 0 bridgehead atoms. The third-order valence-corrected chi connectivity index (χ3v) is 13.3. The molecule has 2 nitrogen and oxygen atoms in total. The summed E-state index contributed by atoms with van der Waals surface area (Å²) in [6, 6.07) is 52.2. The van der Waals surface area contributed by atoms with Crippen LogP contribution in [0.4, 0.5) is 0 Å². The Labute approximate surface area is 299 Å². The van der Waals surface area contributed by atoms with E-state index in [9.17, 15) is 0 Å². The van der Waals surface area contributed by atoms with Crippen LogP contribution in [-0.4, -0.2) is 4.57 Å². The first-order valence-electron chi connectivity index (χ1n) is 18.3. The average Bonchev–Trinajstić information content (AvgIpc) is 3.91. The van der Waals surface area contributed by atoms with E-state index in [0.29, 0.717) is 0 Å². The minimum atomic E-state index is 0.139. The summed E-state index contributed by atoms with van der Waals surface area (Å²) >= 11 is 1.87. The number of thiophene rings is 1. The molecule has 7 aromatic carbocycles. The highest BCUT2D eigenvalue weighted by molar-refractivity contribution is 7.25. The van der Waals surface area contributed by atoms with Gasteiger partial charge < -0.3 is 8.98 Å². The Morgan fingerprint density at radius 3 is 2.16 bits per heavy atom. The van der Waals surface area contributed by atoms with Crippen LogP contribution in [-0.2, 0) is 5.41 Å². The van der Waals surface area contributed by atoms with Crippen LogP contribution >= 0.6 is 11.3 Å². The van der Waals surface area contributed by atoms with Crippen molar-refractivity contribution in [3.63, 3.8) is 0 Å². The zero-order chi connectivity index (χ0) is 33.3. The van der Waals surface area contributed by atoms with Crippen LogP contribution < -0.4 is 0 Å². The number of aromatic nitrogens is 1. The van der Waals surface area contributed by atoms with Crippen LogP contribution in [0.3, 0.4) is 0 Å². The van der Waals surface area contributed by atoms with Crippen LogP contribution in [0.15, 0.2) is 144 Å². The molecular formula is C48H33NOS. The van der Waals surface area contributed by atoms with Gasteiger partial charge in [0.2, 0.25) is 0 Å². The lowest BCUT2D eigenvalue weighted by Gasteiger charge is -2.35. The van der Waals surface area contributed by atoms with Gasteiger partial charge >= 0.3 is 0 Å². The largest absolute Gasteiger partial charge is 0.456 e. The molecule has 0 atom stereocenters. The van der Waals surface area contributed by atoms with Crippen LogP contribution in [0.2, 0.25) is 0 Å². The molecule has 0 saturated heterocycles. The van der Waals surface area contributed by atoms with E-state index in [1.54, 1.807) is 0 Å². The molecule has 242 valence electrons. The van der Waals surface area contributed by atoms with Crippen molar-refractivity contribution in [1.29, 1.82) is 0 Å². The summed E-state index contributed by atoms with van der Waals surface area (Å²) < 4.78 is 11.8. The Morgan fingerprint density at radius 1 is 0.471 bits per heavy atom. The lowest BCUT2D eigenvalue weighted by Crippen LogP contribution is -2.27. The second-order valence-corrected chi connectivity index (χ2v) is 15.8. The Balaban J connectivity index is 1.00. The fourth-order valence-corrected chi connectivity index (χ4v) is 11.0. The third-order valence-electron chi connectivity index (χ3n) is 12.2. The van der Waals surface area contributed by atoms with Gasteiger partial charge in [0.05, 0.1) is 11.0 Å². The summed E-state index contributed by atoms with van der Waals surface area (Å²) in [7, 11) is 0. The fourth-order valence-electron chi connectivity index (χ4n) is 9.88. The number of nitrogens with zero attached hydrogens (tertiary/aromatic N) is 1. The normalized spacial score (nSPS) is 15.2. The van der Waals surface area contributed by atoms with Gasteiger partial charge in [0.1, 0.15) is 11.2 Å². The molecule has 12 rings (SSSR count). The van der Waals surface area contributed by atoms with Crippen molar-refractivity contribution < 1.29 is 4.42 Å². The van der Waals surface area contributed by atoms with E-state index in [1.807, 2.05) is 11.3 Å². The number of rotatable bonds is 2. The number of fused-ring (bicyclic) bond motifs is 14. The molecule has 0 amide bonds. The Kier molecular flexibility index (Phi) is 5.63. The maximum atomic E-state index is 6.71. The SMILES string of the molecule is c1ccc2c(c1)-c1cc3oc4cc(-c5ccc6c(c5)c5ccccc5n6-c5ccc6sc7ccccc7c6c5)ccc4c3cc1C21CCCCC1. The molecule has 1 spiro atoms. The Morgan fingerprint density at radius 2 is 1.22 bits per heavy atom. The first-order valence-corrected chi connectivity index (χ1v) is 19.1. The molecule has 3 aromatic heterocycles. The maximum Gasteiger partial charge on any atom is 0.136 e. The minimum Gasteiger partial charge on any atom is -0.456 e. The Hall–Kier alpha value is -5.64. The highest BCUT2D eigenvalue weighted by Crippen LogP contribution is 2.57. The van der Waals surface area contributed by atoms with Crippen molar-refractivity contribution >= 4 is 75.3 Å². The van der Waals surface area contributed by atoms with Gasteiger partial charge in [0.25, 0.3) is 0 Å². The van der Waals surface area contributed by atoms with Crippen molar-refractivity contribution in [3.05, 3.63) is 151 Å². The molecule has 0 radical (unpaired) electrons. The molecule has 2 aliphatic carbocycles. The van der Waals surface area contributed by atoms with Gasteiger partial charge in [-0.25, -0.2) is 0 Å². The molecule has 2 aliphatic rings. The quantitative estimate of drug-likeness (QED) is 0.179. The highest BCUT2D eigenvalue weighted by atomic mass is 32.1. The van der Waals surface area contributed by atoms with Crippen LogP contribution in [0, 0.1) is 0 Å². The van der Waals surface area contributed by atoms with Crippen molar-refractivity contribution in [2.45, 2.75) is 37.5 Å². The van der Waals surface area contributed by atoms with E-state index in [1.165, 1.54) is 124 Å². The lowest BCUT2D eigenvalue weighted by molar-refractivity contribution is 0.353. The molecular weight excluding hydrogens is 639 g/mol. The summed E-state index contributed by atoms with van der Waals surface area (Å²) in [6.45, 7) is 0. The zero-order valence-electron chi connectivity index (χ0n) is 28.1. The molecule has 1 saturated carbocycles. The number of furan rings is 1. The van der Waals surface area contributed by atoms with E-state index >= 15 is 0 Å². The topological polar surface area (TPSA) is 18.1 Å². The predicted octanol–water partition coefficient (Wildman–Crippen LogP) is 13.9. The van der Waals surface area contributed by atoms with Crippen LogP contribution in [0.1, 0.15) is 43.2 Å². The second-order valence-electron chi connectivity index (χ2n) is 14.8. The fraction of sp³-hybridized carbons (Fsp3) is 0.125. The van der Waals surface area contributed by atoms with Gasteiger partial charge in [-0.1, -0.05) is 92.1 Å². The number of para-hydroxylation sites is 1. The first-order chi connectivity index (χ1) is 25.2. The maximum absolute atomic E-state index is 6.71. The number of hydrogen-bond acceptors (Lipinski definition) is 2. The first kappa shape index (κ1) is 28.1. The van der Waals surface area contributed by atoms with E-state index < -0.39 is 0 Å². The average molecular weight is 672 g/mol. The van der Waals surface area contributed by atoms with Crippen molar-refractivity contribution in [3.8, 4) is 27.9 Å². The van der Waals surface area contributed by atoms with Crippen molar-refractivity contribution in [1.82, 2.24) is 4.57 Å². The van der Waals surface area contributed by atoms with Gasteiger partial charge in [-0.15, -0.1) is 11.3 Å². The summed E-state index contributed by atoms with van der Waals surface area (Å²) in [5, 5.41) is 7.61. The Bertz CT molecular complexity index is 3070. The molecule has 0 N–H and O–H groups in total. The van der Waals surface area contributed by atoms with Gasteiger partial charge in [0, 0.05) is 52.8 Å². The van der Waals surface area contributed by atoms with Crippen LogP contribution in [0.5, 0.6) is 0 Å². The van der Waals surface area contributed by atoms with Gasteiger partial charge in [-0.3, -0.25) is 0 Å². The van der Waals surface area contributed by atoms with E-state index in [4.69, 9.17) is 4.42 Å². The zero-order valence-corrected chi connectivity index (χ0v) is 28.9. The smallest absolute Gasteiger partial charge is 0.136 e. The summed E-state index contributed by atoms with van der Waals surface area (Å²) in [4.78, 5) is 0. The molecule has 3 heteroatoms. The minimum absolute atomic E-state index is 0.139. The number of benzene rings is 7. The second kappa shape index (κ2) is 10.2. The summed E-state index contributed by atoms with van der Waals surface area (Å²) in [5.41, 5.74) is 13.9. The molecule has 10 aromatic rings. The summed E-state index contributed by atoms with van der Waals surface area (Å²) in [5.74, 6) is 0. The molecule has 51 heavy (non-hydrogen) atoms. The van der Waals surface area contributed by atoms with E-state index in [0.717, 1.165) is 11.2 Å². The van der Waals surface area contributed by atoms with Gasteiger partial charge in [-0.2, -0.15) is 0 Å². The third kappa shape index (κ3) is 3.82. The van der Waals surface area contributed by atoms with Crippen molar-refractivity contribution in [2.75, 3.05) is 0 Å². The number of hydrogen-bond donors (Lipinski definition) is 0. The standard InChI is InChI=1S/C48H33NOS/c1-8-22-48(23-9-1)40-13-5-2-10-32(40)36-28-45-38(27-41(36)48)34-19-16-30(25-44(34)50-45)29-17-20-43-37(24-29)33-11-3-6-14-42(33)49(43)31-18-21-47-39(26-31)35-12-4-7-15-46(35)51-47/h2-7,10-21,24-28H,1,8-9,22-23H2. The molecule has 0 unspecified atom stereocenters. The van der Waals surface area contributed by atoms with Crippen LogP contribution in [0.25, 0.3) is 91.9 Å². The highest BCUT2D eigenvalue weighted by Gasteiger charge is 2.44. The lowest BCUT2D eigenvalue weighted by atomic mass is 9.68. The van der Waals surface area contributed by atoms with Gasteiger partial charge in [-0.05, 0) is 113 Å². The van der Waals surface area contributed by atoms with Crippen molar-refractivity contribution in [2.24, 2.45) is 0 Å². The molecule has 1 fully saturated rings. The monoisotopic (exact) mass is 671 g/mol. The summed E-state index contributed by atoms with van der Waals surface area (Å²) in [6.07, 6.45) is 6.41. The van der Waals surface area contributed by atoms with E-state index in [2.05, 4.69) is 144 Å². The molecule has 0 aliphatic heterocycles. The predicted molar refractivity (Wildman–Crippen MR) is 216 cm³/mol. The van der Waals surface area contributed by atoms with Gasteiger partial charge in [0.15, 0.2) is 0 Å². The molecule has 3 heterocycles.